The van der Waals surface area contributed by atoms with Gasteiger partial charge in [0.2, 0.25) is 0 Å². The third-order valence-corrected chi connectivity index (χ3v) is 4.36. The van der Waals surface area contributed by atoms with E-state index in [1.54, 1.807) is 6.07 Å². The summed E-state index contributed by atoms with van der Waals surface area (Å²) in [6.07, 6.45) is 0. The van der Waals surface area contributed by atoms with Crippen molar-refractivity contribution in [2.75, 3.05) is 0 Å². The molecule has 1 heterocycles. The summed E-state index contributed by atoms with van der Waals surface area (Å²) in [6, 6.07) is 5.39. The molecule has 0 aliphatic carbocycles. The van der Waals surface area contributed by atoms with Gasteiger partial charge in [-0.15, -0.1) is 0 Å². The Morgan fingerprint density at radius 3 is 2.12 bits per heavy atom. The second-order valence-corrected chi connectivity index (χ2v) is 6.46. The lowest BCUT2D eigenvalue weighted by Gasteiger charge is -2.32. The fourth-order valence-corrected chi connectivity index (χ4v) is 2.19. The first-order valence-corrected chi connectivity index (χ1v) is 6.65. The zero-order valence-electron chi connectivity index (χ0n) is 10.5. The lowest BCUT2D eigenvalue weighted by molar-refractivity contribution is 0.00578. The van der Waals surface area contributed by atoms with Crippen LogP contribution in [-0.4, -0.2) is 23.4 Å². The highest BCUT2D eigenvalue weighted by atomic mass is 127. The molecule has 1 N–H and O–H groups in total. The van der Waals surface area contributed by atoms with Crippen molar-refractivity contribution in [1.82, 2.24) is 0 Å². The number of rotatable bonds is 1. The van der Waals surface area contributed by atoms with Crippen LogP contribution in [0.15, 0.2) is 18.2 Å². The average Bonchev–Trinajstić information content (AvgIpc) is 2.41. The van der Waals surface area contributed by atoms with Crippen molar-refractivity contribution in [3.8, 4) is 5.75 Å². The fraction of sp³-hybridized carbons (Fsp3) is 0.500. The van der Waals surface area contributed by atoms with Gasteiger partial charge in [-0.05, 0) is 67.9 Å². The van der Waals surface area contributed by atoms with Crippen LogP contribution in [0.3, 0.4) is 0 Å². The van der Waals surface area contributed by atoms with E-state index in [-0.39, 0.29) is 24.1 Å². The van der Waals surface area contributed by atoms with Gasteiger partial charge in [-0.1, -0.05) is 6.07 Å². The van der Waals surface area contributed by atoms with Gasteiger partial charge in [-0.25, -0.2) is 0 Å². The number of phenols is 1. The van der Waals surface area contributed by atoms with Gasteiger partial charge in [0.1, 0.15) is 5.75 Å². The SMILES string of the molecule is CC1(C)OB(c2ccc(O)c(I)c2)OC1(C)C. The molecular formula is C12H16BIO3. The molecule has 2 rings (SSSR count). The molecule has 0 saturated carbocycles. The van der Waals surface area contributed by atoms with Crippen molar-refractivity contribution < 1.29 is 14.4 Å². The van der Waals surface area contributed by atoms with Gasteiger partial charge in [-0.3, -0.25) is 0 Å². The summed E-state index contributed by atoms with van der Waals surface area (Å²) in [5, 5.41) is 9.50. The molecule has 0 aromatic heterocycles. The molecule has 1 saturated heterocycles. The molecule has 0 atom stereocenters. The number of hydrogen-bond acceptors (Lipinski definition) is 3. The first-order chi connectivity index (χ1) is 7.73. The van der Waals surface area contributed by atoms with Crippen LogP contribution >= 0.6 is 22.6 Å². The largest absolute Gasteiger partial charge is 0.507 e. The molecule has 1 fully saturated rings. The second-order valence-electron chi connectivity index (χ2n) is 5.30. The molecule has 5 heteroatoms. The second kappa shape index (κ2) is 4.14. The van der Waals surface area contributed by atoms with Crippen LogP contribution in [0.4, 0.5) is 0 Å². The number of hydrogen-bond donors (Lipinski definition) is 1. The van der Waals surface area contributed by atoms with Gasteiger partial charge in [0.05, 0.1) is 14.8 Å². The molecule has 3 nitrogen and oxygen atoms in total. The molecule has 0 unspecified atom stereocenters. The topological polar surface area (TPSA) is 38.7 Å². The van der Waals surface area contributed by atoms with Crippen LogP contribution in [-0.2, 0) is 9.31 Å². The summed E-state index contributed by atoms with van der Waals surface area (Å²) < 4.78 is 12.7. The lowest BCUT2D eigenvalue weighted by Crippen LogP contribution is -2.41. The Balaban J connectivity index is 2.29. The first-order valence-electron chi connectivity index (χ1n) is 5.57. The maximum absolute atomic E-state index is 9.50. The standard InChI is InChI=1S/C12H16BIO3/c1-11(2)12(3,4)17-13(16-11)8-5-6-10(15)9(14)7-8/h5-7,15H,1-4H3. The fourth-order valence-electron chi connectivity index (χ4n) is 1.65. The quantitative estimate of drug-likeness (QED) is 0.627. The Hall–Kier alpha value is -0.265. The Bertz CT molecular complexity index is 429. The summed E-state index contributed by atoms with van der Waals surface area (Å²) in [6.45, 7) is 8.10. The molecule has 92 valence electrons. The minimum Gasteiger partial charge on any atom is -0.507 e. The summed E-state index contributed by atoms with van der Waals surface area (Å²) in [7, 11) is -0.367. The van der Waals surface area contributed by atoms with E-state index in [4.69, 9.17) is 9.31 Å². The zero-order chi connectivity index (χ0) is 12.8. The van der Waals surface area contributed by atoms with Gasteiger partial charge < -0.3 is 14.4 Å². The van der Waals surface area contributed by atoms with Crippen LogP contribution in [0.2, 0.25) is 0 Å². The predicted octanol–water partition coefficient (Wildman–Crippen LogP) is 2.30. The highest BCUT2D eigenvalue weighted by Gasteiger charge is 2.51. The molecule has 0 amide bonds. The van der Waals surface area contributed by atoms with Gasteiger partial charge in [0, 0.05) is 0 Å². The van der Waals surface area contributed by atoms with Crippen molar-refractivity contribution in [1.29, 1.82) is 0 Å². The van der Waals surface area contributed by atoms with Crippen LogP contribution in [0, 0.1) is 3.57 Å². The average molecular weight is 346 g/mol. The molecule has 17 heavy (non-hydrogen) atoms. The number of halogens is 1. The predicted molar refractivity (Wildman–Crippen MR) is 76.5 cm³/mol. The minimum absolute atomic E-state index is 0.283. The maximum Gasteiger partial charge on any atom is 0.494 e. The van der Waals surface area contributed by atoms with Crippen LogP contribution in [0.25, 0.3) is 0 Å². The van der Waals surface area contributed by atoms with Crippen LogP contribution in [0.5, 0.6) is 5.75 Å². The molecule has 0 spiro atoms. The van der Waals surface area contributed by atoms with Crippen LogP contribution < -0.4 is 5.46 Å². The van der Waals surface area contributed by atoms with Crippen molar-refractivity contribution in [3.63, 3.8) is 0 Å². The Morgan fingerprint density at radius 2 is 1.65 bits per heavy atom. The van der Waals surface area contributed by atoms with E-state index in [1.807, 2.05) is 39.8 Å². The van der Waals surface area contributed by atoms with E-state index in [2.05, 4.69) is 22.6 Å². The van der Waals surface area contributed by atoms with E-state index in [1.165, 1.54) is 0 Å². The highest BCUT2D eigenvalue weighted by molar-refractivity contribution is 14.1. The molecular weight excluding hydrogens is 330 g/mol. The van der Waals surface area contributed by atoms with Gasteiger partial charge >= 0.3 is 7.12 Å². The number of aromatic hydroxyl groups is 1. The highest BCUT2D eigenvalue weighted by Crippen LogP contribution is 2.36. The monoisotopic (exact) mass is 346 g/mol. The maximum atomic E-state index is 9.50. The van der Waals surface area contributed by atoms with E-state index >= 15 is 0 Å². The Morgan fingerprint density at radius 1 is 1.12 bits per heavy atom. The van der Waals surface area contributed by atoms with E-state index < -0.39 is 0 Å². The summed E-state index contributed by atoms with van der Waals surface area (Å²) in [4.78, 5) is 0. The molecule has 1 aromatic carbocycles. The molecule has 0 bridgehead atoms. The minimum atomic E-state index is -0.367. The number of phenolic OH excluding ortho intramolecular Hbond substituents is 1. The molecule has 1 aliphatic rings. The summed E-state index contributed by atoms with van der Waals surface area (Å²) >= 11 is 2.09. The van der Waals surface area contributed by atoms with Crippen molar-refractivity contribution in [3.05, 3.63) is 21.8 Å². The van der Waals surface area contributed by atoms with Crippen molar-refractivity contribution >= 4 is 35.2 Å². The normalized spacial score (nSPS) is 21.8. The Labute approximate surface area is 116 Å². The van der Waals surface area contributed by atoms with Gasteiger partial charge in [0.15, 0.2) is 0 Å². The van der Waals surface area contributed by atoms with E-state index in [9.17, 15) is 5.11 Å². The third-order valence-electron chi connectivity index (χ3n) is 3.50. The molecule has 1 aromatic rings. The summed E-state index contributed by atoms with van der Waals surface area (Å²) in [5.74, 6) is 0.283. The van der Waals surface area contributed by atoms with Gasteiger partial charge in [0.25, 0.3) is 0 Å². The third kappa shape index (κ3) is 2.32. The van der Waals surface area contributed by atoms with Crippen molar-refractivity contribution in [2.45, 2.75) is 38.9 Å². The van der Waals surface area contributed by atoms with E-state index in [0.717, 1.165) is 9.03 Å². The lowest BCUT2D eigenvalue weighted by atomic mass is 9.79. The van der Waals surface area contributed by atoms with E-state index in [0.29, 0.717) is 0 Å². The van der Waals surface area contributed by atoms with Crippen molar-refractivity contribution in [2.24, 2.45) is 0 Å². The zero-order valence-corrected chi connectivity index (χ0v) is 12.6. The Kier molecular flexibility index (Phi) is 3.21. The summed E-state index contributed by atoms with van der Waals surface area (Å²) in [5.41, 5.74) is 0.271. The molecule has 0 radical (unpaired) electrons. The first kappa shape index (κ1) is 13.2. The van der Waals surface area contributed by atoms with Crippen LogP contribution in [0.1, 0.15) is 27.7 Å². The molecule has 1 aliphatic heterocycles. The van der Waals surface area contributed by atoms with Gasteiger partial charge in [-0.2, -0.15) is 0 Å². The smallest absolute Gasteiger partial charge is 0.494 e. The number of benzene rings is 1.